The highest BCUT2D eigenvalue weighted by Crippen LogP contribution is 2.36. The Kier molecular flexibility index (Phi) is 3.39. The molecule has 98 valence electrons. The molecule has 1 nitrogen and oxygen atoms in total. The van der Waals surface area contributed by atoms with Crippen molar-refractivity contribution < 1.29 is 9.50 Å². The Morgan fingerprint density at radius 3 is 2.68 bits per heavy atom. The molecule has 0 amide bonds. The summed E-state index contributed by atoms with van der Waals surface area (Å²) in [4.78, 5) is 3.08. The fourth-order valence-corrected chi connectivity index (χ4v) is 4.16. The summed E-state index contributed by atoms with van der Waals surface area (Å²) in [5.74, 6) is -0.236. The van der Waals surface area contributed by atoms with Crippen LogP contribution < -0.4 is 0 Å². The SMILES string of the molecule is CCc1ccc(C(O)c2cc3ccc(F)cc3s2)s1. The first-order chi connectivity index (χ1) is 9.17. The minimum Gasteiger partial charge on any atom is -0.382 e. The van der Waals surface area contributed by atoms with Gasteiger partial charge in [0.15, 0.2) is 0 Å². The van der Waals surface area contributed by atoms with Crippen LogP contribution in [-0.4, -0.2) is 5.11 Å². The lowest BCUT2D eigenvalue weighted by Crippen LogP contribution is -1.92. The van der Waals surface area contributed by atoms with Gasteiger partial charge in [-0.15, -0.1) is 22.7 Å². The molecular weight excluding hydrogens is 279 g/mol. The van der Waals surface area contributed by atoms with Gasteiger partial charge in [-0.2, -0.15) is 0 Å². The lowest BCUT2D eigenvalue weighted by Gasteiger charge is -2.04. The van der Waals surface area contributed by atoms with E-state index in [0.29, 0.717) is 0 Å². The van der Waals surface area contributed by atoms with Crippen LogP contribution in [0.15, 0.2) is 36.4 Å². The van der Waals surface area contributed by atoms with Crippen molar-refractivity contribution in [2.24, 2.45) is 0 Å². The molecule has 3 aromatic rings. The average Bonchev–Trinajstić information content (AvgIpc) is 3.03. The molecule has 0 saturated heterocycles. The van der Waals surface area contributed by atoms with E-state index in [4.69, 9.17) is 0 Å². The number of hydrogen-bond donors (Lipinski definition) is 1. The summed E-state index contributed by atoms with van der Waals surface area (Å²) in [5.41, 5.74) is 0. The van der Waals surface area contributed by atoms with Gasteiger partial charge >= 0.3 is 0 Å². The fourth-order valence-electron chi connectivity index (χ4n) is 2.03. The number of hydrogen-bond acceptors (Lipinski definition) is 3. The third-order valence-electron chi connectivity index (χ3n) is 3.07. The second kappa shape index (κ2) is 5.04. The Bertz CT molecular complexity index is 714. The Balaban J connectivity index is 1.98. The average molecular weight is 292 g/mol. The molecule has 0 radical (unpaired) electrons. The molecule has 0 aliphatic heterocycles. The third kappa shape index (κ3) is 2.43. The number of rotatable bonds is 3. The van der Waals surface area contributed by atoms with Gasteiger partial charge in [0.05, 0.1) is 0 Å². The molecule has 0 saturated carbocycles. The molecule has 19 heavy (non-hydrogen) atoms. The normalized spacial score (nSPS) is 13.0. The van der Waals surface area contributed by atoms with E-state index in [1.54, 1.807) is 17.4 Å². The molecule has 1 N–H and O–H groups in total. The molecule has 2 heterocycles. The quantitative estimate of drug-likeness (QED) is 0.739. The van der Waals surface area contributed by atoms with E-state index in [0.717, 1.165) is 26.3 Å². The Morgan fingerprint density at radius 2 is 1.95 bits per heavy atom. The van der Waals surface area contributed by atoms with E-state index >= 15 is 0 Å². The Morgan fingerprint density at radius 1 is 1.11 bits per heavy atom. The van der Waals surface area contributed by atoms with E-state index in [9.17, 15) is 9.50 Å². The molecule has 4 heteroatoms. The lowest BCUT2D eigenvalue weighted by atomic mass is 10.2. The number of aryl methyl sites for hydroxylation is 1. The van der Waals surface area contributed by atoms with Gasteiger partial charge in [0, 0.05) is 19.3 Å². The number of aliphatic hydroxyl groups is 1. The Labute approximate surface area is 119 Å². The van der Waals surface area contributed by atoms with Crippen molar-refractivity contribution in [2.45, 2.75) is 19.4 Å². The van der Waals surface area contributed by atoms with Gasteiger partial charge in [-0.25, -0.2) is 4.39 Å². The van der Waals surface area contributed by atoms with Gasteiger partial charge in [-0.05, 0) is 42.1 Å². The van der Waals surface area contributed by atoms with Gasteiger partial charge in [0.2, 0.25) is 0 Å². The second-order valence-electron chi connectivity index (χ2n) is 4.39. The number of halogens is 1. The minimum absolute atomic E-state index is 0.236. The summed E-state index contributed by atoms with van der Waals surface area (Å²) in [5, 5.41) is 11.4. The van der Waals surface area contributed by atoms with Crippen molar-refractivity contribution in [3.8, 4) is 0 Å². The zero-order valence-electron chi connectivity index (χ0n) is 10.4. The van der Waals surface area contributed by atoms with E-state index in [2.05, 4.69) is 13.0 Å². The van der Waals surface area contributed by atoms with Gasteiger partial charge in [-0.3, -0.25) is 0 Å². The van der Waals surface area contributed by atoms with Crippen LogP contribution in [0.1, 0.15) is 27.7 Å². The topological polar surface area (TPSA) is 20.2 Å². The summed E-state index contributed by atoms with van der Waals surface area (Å²) < 4.78 is 14.0. The fraction of sp³-hybridized carbons (Fsp3) is 0.200. The molecule has 0 aliphatic carbocycles. The molecule has 1 atom stereocenters. The van der Waals surface area contributed by atoms with Crippen molar-refractivity contribution in [3.05, 3.63) is 56.8 Å². The van der Waals surface area contributed by atoms with Crippen LogP contribution in [0, 0.1) is 5.82 Å². The van der Waals surface area contributed by atoms with Crippen molar-refractivity contribution in [3.63, 3.8) is 0 Å². The van der Waals surface area contributed by atoms with Crippen LogP contribution in [0.2, 0.25) is 0 Å². The maximum Gasteiger partial charge on any atom is 0.124 e. The Hall–Kier alpha value is -1.23. The highest BCUT2D eigenvalue weighted by molar-refractivity contribution is 7.19. The summed E-state index contributed by atoms with van der Waals surface area (Å²) in [6, 6.07) is 10.7. The summed E-state index contributed by atoms with van der Waals surface area (Å²) in [6.07, 6.45) is 0.375. The number of fused-ring (bicyclic) bond motifs is 1. The molecule has 1 unspecified atom stereocenters. The van der Waals surface area contributed by atoms with Gasteiger partial charge in [-0.1, -0.05) is 13.0 Å². The first kappa shape index (κ1) is 12.8. The van der Waals surface area contributed by atoms with Crippen LogP contribution in [0.5, 0.6) is 0 Å². The van der Waals surface area contributed by atoms with Gasteiger partial charge < -0.3 is 5.11 Å². The smallest absolute Gasteiger partial charge is 0.124 e. The highest BCUT2D eigenvalue weighted by Gasteiger charge is 2.16. The summed E-state index contributed by atoms with van der Waals surface area (Å²) >= 11 is 3.08. The number of benzene rings is 1. The molecule has 2 aromatic heterocycles. The number of aliphatic hydroxyl groups excluding tert-OH is 1. The van der Waals surface area contributed by atoms with E-state index in [1.807, 2.05) is 12.1 Å². The van der Waals surface area contributed by atoms with Crippen LogP contribution in [0.4, 0.5) is 4.39 Å². The molecule has 0 bridgehead atoms. The van der Waals surface area contributed by atoms with Gasteiger partial charge in [0.1, 0.15) is 11.9 Å². The van der Waals surface area contributed by atoms with E-state index in [1.165, 1.54) is 28.3 Å². The van der Waals surface area contributed by atoms with Crippen molar-refractivity contribution in [1.82, 2.24) is 0 Å². The summed E-state index contributed by atoms with van der Waals surface area (Å²) in [7, 11) is 0. The van der Waals surface area contributed by atoms with Crippen molar-refractivity contribution >= 4 is 32.8 Å². The molecular formula is C15H13FOS2. The molecule has 3 rings (SSSR count). The minimum atomic E-state index is -0.606. The highest BCUT2D eigenvalue weighted by atomic mass is 32.1. The molecule has 0 spiro atoms. The summed E-state index contributed by atoms with van der Waals surface area (Å²) in [6.45, 7) is 2.10. The molecule has 1 aromatic carbocycles. The zero-order chi connectivity index (χ0) is 13.4. The van der Waals surface area contributed by atoms with E-state index < -0.39 is 6.10 Å². The maximum atomic E-state index is 13.2. The first-order valence-corrected chi connectivity index (χ1v) is 7.76. The van der Waals surface area contributed by atoms with Gasteiger partial charge in [0.25, 0.3) is 0 Å². The molecule has 0 aliphatic rings. The second-order valence-corrected chi connectivity index (χ2v) is 6.71. The maximum absolute atomic E-state index is 13.2. The monoisotopic (exact) mass is 292 g/mol. The van der Waals surface area contributed by atoms with Crippen molar-refractivity contribution in [1.29, 1.82) is 0 Å². The standard InChI is InChI=1S/C15H13FOS2/c1-2-11-5-6-12(18-11)15(17)14-7-9-3-4-10(16)8-13(9)19-14/h3-8,15,17H,2H2,1H3. The predicted octanol–water partition coefficient (Wildman–Crippen LogP) is 4.75. The van der Waals surface area contributed by atoms with Crippen LogP contribution in [0.3, 0.4) is 0 Å². The van der Waals surface area contributed by atoms with Crippen molar-refractivity contribution in [2.75, 3.05) is 0 Å². The number of thiophene rings is 2. The third-order valence-corrected chi connectivity index (χ3v) is 5.50. The predicted molar refractivity (Wildman–Crippen MR) is 79.5 cm³/mol. The van der Waals surface area contributed by atoms with E-state index in [-0.39, 0.29) is 5.82 Å². The first-order valence-electron chi connectivity index (χ1n) is 6.13. The lowest BCUT2D eigenvalue weighted by molar-refractivity contribution is 0.228. The zero-order valence-corrected chi connectivity index (χ0v) is 12.0. The van der Waals surface area contributed by atoms with Crippen LogP contribution >= 0.6 is 22.7 Å². The van der Waals surface area contributed by atoms with Crippen LogP contribution in [0.25, 0.3) is 10.1 Å². The van der Waals surface area contributed by atoms with Crippen LogP contribution in [-0.2, 0) is 6.42 Å². The molecule has 0 fully saturated rings. The largest absolute Gasteiger partial charge is 0.382 e.